The van der Waals surface area contributed by atoms with Gasteiger partial charge < -0.3 is 0 Å². The van der Waals surface area contributed by atoms with Crippen LogP contribution in [0.5, 0.6) is 0 Å². The fourth-order valence-electron chi connectivity index (χ4n) is 6.30. The van der Waals surface area contributed by atoms with Gasteiger partial charge in [-0.1, -0.05) is 36.4 Å². The molecule has 4 aromatic rings. The molecule has 2 aliphatic rings. The number of nitriles is 4. The average Bonchev–Trinajstić information content (AvgIpc) is 3.51. The fraction of sp³-hybridized carbons (Fsp3) is 0.143. The van der Waals surface area contributed by atoms with E-state index in [9.17, 15) is 47.4 Å². The molecule has 218 valence electrons. The Hall–Kier alpha value is -5.84. The Morgan fingerprint density at radius 3 is 1.71 bits per heavy atom. The minimum atomic E-state index is -5.04. The zero-order valence-electron chi connectivity index (χ0n) is 23.1. The average molecular weight is 607 g/mol. The lowest BCUT2D eigenvalue weighted by molar-refractivity contribution is -0.143. The number of fused-ring (bicyclic) bond motifs is 6. The molecule has 0 radical (unpaired) electrons. The normalized spacial score (nSPS) is 14.6. The van der Waals surface area contributed by atoms with Gasteiger partial charge in [-0.05, 0) is 99.0 Å². The zero-order valence-corrected chi connectivity index (χ0v) is 23.1. The maximum Gasteiger partial charge on any atom is 0.416 e. The van der Waals surface area contributed by atoms with Crippen LogP contribution in [0.3, 0.4) is 0 Å². The van der Waals surface area contributed by atoms with Gasteiger partial charge in [0.1, 0.15) is 17.7 Å². The summed E-state index contributed by atoms with van der Waals surface area (Å²) in [5.41, 5.74) is 0.0337. The molecule has 1 unspecified atom stereocenters. The molecule has 0 saturated carbocycles. The first-order valence-electron chi connectivity index (χ1n) is 13.3. The van der Waals surface area contributed by atoms with Crippen LogP contribution in [-0.4, -0.2) is 0 Å². The fourth-order valence-corrected chi connectivity index (χ4v) is 6.30. The lowest BCUT2D eigenvalue weighted by atomic mass is 9.73. The second-order valence-corrected chi connectivity index (χ2v) is 11.0. The van der Waals surface area contributed by atoms with Crippen molar-refractivity contribution in [1.29, 1.82) is 21.0 Å². The van der Waals surface area contributed by atoms with E-state index < -0.39 is 34.8 Å². The standard InChI is InChI=1S/C35H16F6N4/c1-33(16-44,17-45)32-29-10-18(19-8-21(34(36,37)38)11-22(9-19)35(39,40)41)6-7-24(29)27-12-28-26(13-30(27)32)23-4-2-3-5-25(23)31(28)20(14-42)15-43/h2-13,32H,1H3. The first-order chi connectivity index (χ1) is 21.3. The Bertz CT molecular complexity index is 2100. The summed E-state index contributed by atoms with van der Waals surface area (Å²) in [4.78, 5) is 0. The van der Waals surface area contributed by atoms with Gasteiger partial charge in [0.15, 0.2) is 5.41 Å². The Balaban J connectivity index is 1.63. The van der Waals surface area contributed by atoms with Crippen LogP contribution in [0.25, 0.3) is 39.0 Å². The minimum absolute atomic E-state index is 0.0381. The largest absolute Gasteiger partial charge is 0.416 e. The number of halogens is 6. The van der Waals surface area contributed by atoms with Gasteiger partial charge in [-0.3, -0.25) is 0 Å². The van der Waals surface area contributed by atoms with Gasteiger partial charge in [-0.15, -0.1) is 0 Å². The highest BCUT2D eigenvalue weighted by molar-refractivity contribution is 6.06. The van der Waals surface area contributed by atoms with E-state index in [4.69, 9.17) is 0 Å². The van der Waals surface area contributed by atoms with E-state index in [-0.39, 0.29) is 22.8 Å². The van der Waals surface area contributed by atoms with Gasteiger partial charge >= 0.3 is 12.4 Å². The quantitative estimate of drug-likeness (QED) is 0.148. The first-order valence-corrected chi connectivity index (χ1v) is 13.3. The molecule has 0 bridgehead atoms. The molecule has 0 aromatic heterocycles. The number of nitrogens with zero attached hydrogens (tertiary/aromatic N) is 4. The third kappa shape index (κ3) is 4.43. The molecule has 0 fully saturated rings. The summed E-state index contributed by atoms with van der Waals surface area (Å²) in [6, 6.07) is 24.4. The van der Waals surface area contributed by atoms with Crippen LogP contribution < -0.4 is 0 Å². The number of hydrogen-bond acceptors (Lipinski definition) is 4. The summed E-state index contributed by atoms with van der Waals surface area (Å²) in [5.74, 6) is -0.928. The third-order valence-corrected chi connectivity index (χ3v) is 8.35. The summed E-state index contributed by atoms with van der Waals surface area (Å²) in [5, 5.41) is 39.8. The monoisotopic (exact) mass is 606 g/mol. The Morgan fingerprint density at radius 1 is 0.578 bits per heavy atom. The number of hydrogen-bond donors (Lipinski definition) is 0. The predicted molar refractivity (Wildman–Crippen MR) is 151 cm³/mol. The minimum Gasteiger partial charge on any atom is -0.197 e. The summed E-state index contributed by atoms with van der Waals surface area (Å²) in [6.45, 7) is 1.42. The van der Waals surface area contributed by atoms with Crippen molar-refractivity contribution in [3.05, 3.63) is 112 Å². The van der Waals surface area contributed by atoms with Crippen molar-refractivity contribution >= 4 is 5.57 Å². The van der Waals surface area contributed by atoms with E-state index in [0.29, 0.717) is 56.6 Å². The van der Waals surface area contributed by atoms with E-state index in [0.717, 1.165) is 5.56 Å². The first kappa shape index (κ1) is 29.2. The smallest absolute Gasteiger partial charge is 0.197 e. The Labute approximate surface area is 252 Å². The number of benzene rings is 4. The van der Waals surface area contributed by atoms with Gasteiger partial charge in [0.2, 0.25) is 0 Å². The van der Waals surface area contributed by atoms with Crippen LogP contribution in [0.1, 0.15) is 46.2 Å². The highest BCUT2D eigenvalue weighted by Crippen LogP contribution is 2.57. The van der Waals surface area contributed by atoms with Crippen molar-refractivity contribution in [2.45, 2.75) is 25.2 Å². The lowest BCUT2D eigenvalue weighted by Crippen LogP contribution is -2.21. The maximum atomic E-state index is 13.6. The van der Waals surface area contributed by atoms with E-state index in [2.05, 4.69) is 0 Å². The Kier molecular flexibility index (Phi) is 6.40. The maximum absolute atomic E-state index is 13.6. The van der Waals surface area contributed by atoms with E-state index >= 15 is 0 Å². The van der Waals surface area contributed by atoms with Crippen LogP contribution in [0.15, 0.2) is 78.4 Å². The topological polar surface area (TPSA) is 95.2 Å². The second kappa shape index (κ2) is 9.84. The molecule has 0 amide bonds. The Morgan fingerprint density at radius 2 is 1.16 bits per heavy atom. The molecule has 45 heavy (non-hydrogen) atoms. The molecule has 0 saturated heterocycles. The van der Waals surface area contributed by atoms with Crippen molar-refractivity contribution < 1.29 is 26.3 Å². The third-order valence-electron chi connectivity index (χ3n) is 8.35. The molecule has 0 spiro atoms. The van der Waals surface area contributed by atoms with Gasteiger partial charge in [-0.25, -0.2) is 0 Å². The van der Waals surface area contributed by atoms with Crippen molar-refractivity contribution in [2.24, 2.45) is 5.41 Å². The predicted octanol–water partition coefficient (Wildman–Crippen LogP) is 9.39. The molecule has 1 atom stereocenters. The zero-order chi connectivity index (χ0) is 32.5. The number of rotatable bonds is 2. The molecule has 4 aromatic carbocycles. The highest BCUT2D eigenvalue weighted by atomic mass is 19.4. The molecule has 4 nitrogen and oxygen atoms in total. The summed E-state index contributed by atoms with van der Waals surface area (Å²) in [6.07, 6.45) is -10.1. The van der Waals surface area contributed by atoms with Crippen molar-refractivity contribution in [3.8, 4) is 57.7 Å². The summed E-state index contributed by atoms with van der Waals surface area (Å²) < 4.78 is 81.8. The molecule has 0 heterocycles. The van der Waals surface area contributed by atoms with Crippen molar-refractivity contribution in [1.82, 2.24) is 0 Å². The lowest BCUT2D eigenvalue weighted by Gasteiger charge is -2.24. The molecule has 2 aliphatic carbocycles. The van der Waals surface area contributed by atoms with Crippen LogP contribution in [-0.2, 0) is 12.4 Å². The van der Waals surface area contributed by atoms with Crippen molar-refractivity contribution in [3.63, 3.8) is 0 Å². The van der Waals surface area contributed by atoms with Gasteiger partial charge in [0.05, 0.1) is 23.3 Å². The summed E-state index contributed by atoms with van der Waals surface area (Å²) in [7, 11) is 0. The van der Waals surface area contributed by atoms with Gasteiger partial charge in [0.25, 0.3) is 0 Å². The van der Waals surface area contributed by atoms with Gasteiger partial charge in [0, 0.05) is 11.5 Å². The van der Waals surface area contributed by atoms with E-state index in [1.54, 1.807) is 36.4 Å². The van der Waals surface area contributed by atoms with Crippen molar-refractivity contribution in [2.75, 3.05) is 0 Å². The van der Waals surface area contributed by atoms with E-state index in [1.807, 2.05) is 30.3 Å². The molecule has 10 heteroatoms. The van der Waals surface area contributed by atoms with Crippen LogP contribution in [0.2, 0.25) is 0 Å². The SMILES string of the molecule is CC(C#N)(C#N)C1c2cc(-c3cc(C(F)(F)F)cc(C(F)(F)F)c3)ccc2-c2cc3c(cc21)-c1ccccc1C3=C(C#N)C#N. The summed E-state index contributed by atoms with van der Waals surface area (Å²) >= 11 is 0. The highest BCUT2D eigenvalue weighted by Gasteiger charge is 2.45. The molecule has 0 N–H and O–H groups in total. The molecular formula is C35H16F6N4. The number of allylic oxidation sites excluding steroid dienone is 1. The molecular weight excluding hydrogens is 590 g/mol. The van der Waals surface area contributed by atoms with Crippen LogP contribution in [0.4, 0.5) is 26.3 Å². The van der Waals surface area contributed by atoms with Crippen LogP contribution >= 0.6 is 0 Å². The second-order valence-electron chi connectivity index (χ2n) is 11.0. The van der Waals surface area contributed by atoms with E-state index in [1.165, 1.54) is 19.1 Å². The van der Waals surface area contributed by atoms with Gasteiger partial charge in [-0.2, -0.15) is 47.4 Å². The molecule has 0 aliphatic heterocycles. The molecule has 6 rings (SSSR count). The van der Waals surface area contributed by atoms with Crippen LogP contribution in [0, 0.1) is 50.7 Å². The number of alkyl halides is 6.